The van der Waals surface area contributed by atoms with Crippen molar-refractivity contribution in [1.29, 1.82) is 0 Å². The molecule has 1 aliphatic rings. The molecule has 0 atom stereocenters. The van der Waals surface area contributed by atoms with Crippen LogP contribution in [-0.2, 0) is 4.79 Å². The highest BCUT2D eigenvalue weighted by molar-refractivity contribution is 5.73. The minimum atomic E-state index is 0.154. The fraction of sp³-hybridized carbons (Fsp3) is 0.667. The first-order chi connectivity index (χ1) is 10.1. The van der Waals surface area contributed by atoms with Crippen molar-refractivity contribution in [3.63, 3.8) is 0 Å². The molecule has 1 saturated heterocycles. The number of aryl methyl sites for hydroxylation is 1. The number of carbonyl (C=O) groups excluding carboxylic acids is 1. The second kappa shape index (κ2) is 7.24. The zero-order chi connectivity index (χ0) is 15.2. The van der Waals surface area contributed by atoms with Gasteiger partial charge in [-0.25, -0.2) is 4.98 Å². The molecule has 0 saturated carbocycles. The highest BCUT2D eigenvalue weighted by Crippen LogP contribution is 2.19. The van der Waals surface area contributed by atoms with Gasteiger partial charge in [0.25, 0.3) is 0 Å². The second-order valence-corrected chi connectivity index (χ2v) is 5.47. The minimum Gasteiger partial charge on any atom is -0.354 e. The first kappa shape index (κ1) is 15.5. The Kier molecular flexibility index (Phi) is 5.36. The van der Waals surface area contributed by atoms with E-state index in [4.69, 9.17) is 0 Å². The Morgan fingerprint density at radius 3 is 2.86 bits per heavy atom. The number of nitrogens with zero attached hydrogens (tertiary/aromatic N) is 4. The van der Waals surface area contributed by atoms with E-state index in [1.165, 1.54) is 0 Å². The van der Waals surface area contributed by atoms with Gasteiger partial charge in [-0.15, -0.1) is 0 Å². The lowest BCUT2D eigenvalue weighted by atomic mass is 10.3. The van der Waals surface area contributed by atoms with Gasteiger partial charge in [-0.1, -0.05) is 6.92 Å². The summed E-state index contributed by atoms with van der Waals surface area (Å²) in [7, 11) is 0. The van der Waals surface area contributed by atoms with Crippen molar-refractivity contribution in [3.8, 4) is 0 Å². The van der Waals surface area contributed by atoms with E-state index >= 15 is 0 Å². The largest absolute Gasteiger partial charge is 0.354 e. The van der Waals surface area contributed by atoms with Crippen LogP contribution in [-0.4, -0.2) is 53.5 Å². The molecule has 1 aliphatic heterocycles. The molecular formula is C15H25N5O. The third-order valence-corrected chi connectivity index (χ3v) is 3.72. The van der Waals surface area contributed by atoms with E-state index in [2.05, 4.69) is 27.1 Å². The molecule has 0 aromatic carbocycles. The highest BCUT2D eigenvalue weighted by Gasteiger charge is 2.19. The predicted octanol–water partition coefficient (Wildman–Crippen LogP) is 1.67. The fourth-order valence-electron chi connectivity index (χ4n) is 2.52. The van der Waals surface area contributed by atoms with Crippen molar-refractivity contribution in [2.45, 2.75) is 33.6 Å². The summed E-state index contributed by atoms with van der Waals surface area (Å²) in [6.07, 6.45) is 3.89. The van der Waals surface area contributed by atoms with E-state index < -0.39 is 0 Å². The van der Waals surface area contributed by atoms with E-state index in [0.29, 0.717) is 5.95 Å². The van der Waals surface area contributed by atoms with Gasteiger partial charge in [-0.05, 0) is 19.8 Å². The summed E-state index contributed by atoms with van der Waals surface area (Å²) in [5, 5.41) is 3.23. The van der Waals surface area contributed by atoms with Gasteiger partial charge in [0, 0.05) is 51.4 Å². The lowest BCUT2D eigenvalue weighted by molar-refractivity contribution is -0.128. The molecule has 2 rings (SSSR count). The van der Waals surface area contributed by atoms with Crippen LogP contribution < -0.4 is 10.2 Å². The summed E-state index contributed by atoms with van der Waals surface area (Å²) in [6, 6.07) is 0. The molecule has 6 nitrogen and oxygen atoms in total. The van der Waals surface area contributed by atoms with Crippen molar-refractivity contribution in [1.82, 2.24) is 14.9 Å². The van der Waals surface area contributed by atoms with Crippen molar-refractivity contribution in [2.75, 3.05) is 42.9 Å². The Bertz CT molecular complexity index is 491. The number of hydrogen-bond acceptors (Lipinski definition) is 5. The number of hydrogen-bond donors (Lipinski definition) is 1. The Labute approximate surface area is 126 Å². The normalized spacial score (nSPS) is 15.8. The molecule has 1 N–H and O–H groups in total. The van der Waals surface area contributed by atoms with Crippen molar-refractivity contribution in [2.24, 2.45) is 0 Å². The zero-order valence-corrected chi connectivity index (χ0v) is 13.2. The van der Waals surface area contributed by atoms with Crippen LogP contribution in [0.1, 0.15) is 32.3 Å². The molecule has 2 heterocycles. The molecule has 1 fully saturated rings. The molecule has 0 unspecified atom stereocenters. The van der Waals surface area contributed by atoms with Crippen molar-refractivity contribution < 1.29 is 4.79 Å². The summed E-state index contributed by atoms with van der Waals surface area (Å²) in [5.41, 5.74) is 1.08. The summed E-state index contributed by atoms with van der Waals surface area (Å²) >= 11 is 0. The lowest BCUT2D eigenvalue weighted by Gasteiger charge is -2.24. The number of rotatable bonds is 4. The molecule has 0 spiro atoms. The number of aromatic nitrogens is 2. The monoisotopic (exact) mass is 291 g/mol. The first-order valence-corrected chi connectivity index (χ1v) is 7.69. The Morgan fingerprint density at radius 2 is 2.14 bits per heavy atom. The van der Waals surface area contributed by atoms with Crippen molar-refractivity contribution >= 4 is 17.7 Å². The third-order valence-electron chi connectivity index (χ3n) is 3.72. The molecule has 0 aliphatic carbocycles. The van der Waals surface area contributed by atoms with E-state index in [1.54, 1.807) is 6.92 Å². The van der Waals surface area contributed by atoms with Crippen LogP contribution in [0.3, 0.4) is 0 Å². The standard InChI is InChI=1S/C15H25N5O/c1-4-6-16-15-17-11-12(2)14(18-15)20-8-5-7-19(9-10-20)13(3)21/h11H,4-10H2,1-3H3,(H,16,17,18). The Hall–Kier alpha value is -1.85. The quantitative estimate of drug-likeness (QED) is 0.914. The molecule has 21 heavy (non-hydrogen) atoms. The average Bonchev–Trinajstić information content (AvgIpc) is 2.72. The average molecular weight is 291 g/mol. The maximum Gasteiger partial charge on any atom is 0.224 e. The highest BCUT2D eigenvalue weighted by atomic mass is 16.2. The molecule has 0 radical (unpaired) electrons. The van der Waals surface area contributed by atoms with E-state index in [1.807, 2.05) is 18.0 Å². The summed E-state index contributed by atoms with van der Waals surface area (Å²) in [5.74, 6) is 1.82. The smallest absolute Gasteiger partial charge is 0.224 e. The third kappa shape index (κ3) is 4.06. The zero-order valence-electron chi connectivity index (χ0n) is 13.2. The SMILES string of the molecule is CCCNc1ncc(C)c(N2CCCN(C(C)=O)CC2)n1. The first-order valence-electron chi connectivity index (χ1n) is 7.69. The van der Waals surface area contributed by atoms with Gasteiger partial charge in [0.1, 0.15) is 5.82 Å². The van der Waals surface area contributed by atoms with Crippen LogP contribution in [0.5, 0.6) is 0 Å². The summed E-state index contributed by atoms with van der Waals surface area (Å²) in [4.78, 5) is 24.6. The minimum absolute atomic E-state index is 0.154. The number of amides is 1. The lowest BCUT2D eigenvalue weighted by Crippen LogP contribution is -2.34. The van der Waals surface area contributed by atoms with Gasteiger partial charge in [-0.3, -0.25) is 4.79 Å². The van der Waals surface area contributed by atoms with Crippen LogP contribution in [0.4, 0.5) is 11.8 Å². The van der Waals surface area contributed by atoms with Crippen LogP contribution >= 0.6 is 0 Å². The maximum atomic E-state index is 11.5. The molecule has 1 aromatic rings. The van der Waals surface area contributed by atoms with Gasteiger partial charge >= 0.3 is 0 Å². The van der Waals surface area contributed by atoms with E-state index in [9.17, 15) is 4.79 Å². The number of carbonyl (C=O) groups is 1. The van der Waals surface area contributed by atoms with E-state index in [0.717, 1.165) is 56.9 Å². The van der Waals surface area contributed by atoms with Gasteiger partial charge in [-0.2, -0.15) is 4.98 Å². The molecule has 0 bridgehead atoms. The van der Waals surface area contributed by atoms with Crippen LogP contribution in [0.2, 0.25) is 0 Å². The van der Waals surface area contributed by atoms with Crippen molar-refractivity contribution in [3.05, 3.63) is 11.8 Å². The van der Waals surface area contributed by atoms with Crippen LogP contribution in [0.25, 0.3) is 0 Å². The summed E-state index contributed by atoms with van der Waals surface area (Å²) < 4.78 is 0. The molecule has 1 amide bonds. The van der Waals surface area contributed by atoms with Gasteiger partial charge in [0.15, 0.2) is 0 Å². The molecule has 116 valence electrons. The molecule has 1 aromatic heterocycles. The maximum absolute atomic E-state index is 11.5. The predicted molar refractivity (Wildman–Crippen MR) is 84.6 cm³/mol. The van der Waals surface area contributed by atoms with Gasteiger partial charge in [0.2, 0.25) is 11.9 Å². The second-order valence-electron chi connectivity index (χ2n) is 5.47. The Balaban J connectivity index is 2.11. The van der Waals surface area contributed by atoms with Crippen LogP contribution in [0, 0.1) is 6.92 Å². The van der Waals surface area contributed by atoms with Gasteiger partial charge < -0.3 is 15.1 Å². The topological polar surface area (TPSA) is 61.4 Å². The van der Waals surface area contributed by atoms with Gasteiger partial charge in [0.05, 0.1) is 0 Å². The Morgan fingerprint density at radius 1 is 1.33 bits per heavy atom. The van der Waals surface area contributed by atoms with E-state index in [-0.39, 0.29) is 5.91 Å². The van der Waals surface area contributed by atoms with Crippen LogP contribution in [0.15, 0.2) is 6.20 Å². The molecule has 6 heteroatoms. The molecular weight excluding hydrogens is 266 g/mol. The summed E-state index contributed by atoms with van der Waals surface area (Å²) in [6.45, 7) is 10.0. The number of nitrogens with one attached hydrogen (secondary N) is 1. The number of anilines is 2. The fourth-order valence-corrected chi connectivity index (χ4v) is 2.52.